The van der Waals surface area contributed by atoms with E-state index in [0.29, 0.717) is 64.4 Å². The second-order valence-electron chi connectivity index (χ2n) is 10.7. The Bertz CT molecular complexity index is 1880. The number of hydrogen-bond acceptors (Lipinski definition) is 7. The summed E-state index contributed by atoms with van der Waals surface area (Å²) in [6.07, 6.45) is 3.40. The number of carbonyl (C=O) groups excluding carboxylic acids is 2. The fourth-order valence-electron chi connectivity index (χ4n) is 5.33. The first-order valence-corrected chi connectivity index (χ1v) is 14.8. The van der Waals surface area contributed by atoms with Crippen molar-refractivity contribution in [3.8, 4) is 28.3 Å². The zero-order valence-corrected chi connectivity index (χ0v) is 26.0. The van der Waals surface area contributed by atoms with Crippen LogP contribution in [0.5, 0.6) is 5.88 Å². The van der Waals surface area contributed by atoms with Crippen LogP contribution in [0, 0.1) is 5.92 Å². The number of ether oxygens (including phenoxy) is 1. The average molecular weight is 637 g/mol. The van der Waals surface area contributed by atoms with E-state index in [1.54, 1.807) is 25.3 Å². The fraction of sp³-hybridized carbons (Fsp3) is 0.281. The first-order valence-electron chi connectivity index (χ1n) is 14.0. The maximum Gasteiger partial charge on any atom is 0.330 e. The number of rotatable bonds is 9. The topological polar surface area (TPSA) is 124 Å². The Balaban J connectivity index is 1.40. The molecule has 5 rings (SSSR count). The Morgan fingerprint density at radius 3 is 2.41 bits per heavy atom. The van der Waals surface area contributed by atoms with Crippen molar-refractivity contribution in [3.05, 3.63) is 96.7 Å². The number of anilines is 1. The molecule has 2 aromatic heterocycles. The maximum absolute atomic E-state index is 13.0. The van der Waals surface area contributed by atoms with E-state index in [2.05, 4.69) is 10.6 Å². The summed E-state index contributed by atoms with van der Waals surface area (Å²) in [6.45, 7) is 1.31. The van der Waals surface area contributed by atoms with Crippen LogP contribution in [0.1, 0.15) is 35.2 Å². The third-order valence-corrected chi connectivity index (χ3v) is 8.55. The van der Waals surface area contributed by atoms with Gasteiger partial charge < -0.3 is 19.9 Å². The molecule has 2 heterocycles. The van der Waals surface area contributed by atoms with Gasteiger partial charge in [0.15, 0.2) is 0 Å². The van der Waals surface area contributed by atoms with Crippen molar-refractivity contribution in [2.24, 2.45) is 20.0 Å². The number of carbonyl (C=O) groups is 2. The second-order valence-corrected chi connectivity index (χ2v) is 11.5. The highest BCUT2D eigenvalue weighted by molar-refractivity contribution is 6.39. The normalized spacial score (nSPS) is 14.6. The van der Waals surface area contributed by atoms with Gasteiger partial charge in [0.25, 0.3) is 11.5 Å². The number of nitrogens with one attached hydrogen (secondary N) is 2. The van der Waals surface area contributed by atoms with Gasteiger partial charge in [0, 0.05) is 61.9 Å². The summed E-state index contributed by atoms with van der Waals surface area (Å²) in [4.78, 5) is 53.9. The molecular formula is C32H31Cl2N5O5. The van der Waals surface area contributed by atoms with Crippen LogP contribution in [0.15, 0.2) is 64.3 Å². The van der Waals surface area contributed by atoms with Crippen molar-refractivity contribution in [1.29, 1.82) is 0 Å². The van der Waals surface area contributed by atoms with Crippen molar-refractivity contribution in [2.45, 2.75) is 25.8 Å². The number of halogens is 2. The van der Waals surface area contributed by atoms with Crippen LogP contribution in [-0.2, 0) is 25.4 Å². The molecule has 0 spiro atoms. The Labute approximate surface area is 263 Å². The number of ketones is 1. The highest BCUT2D eigenvalue weighted by Crippen LogP contribution is 2.41. The van der Waals surface area contributed by atoms with Gasteiger partial charge in [-0.2, -0.15) is 0 Å². The van der Waals surface area contributed by atoms with E-state index in [-0.39, 0.29) is 16.3 Å². The lowest BCUT2D eigenvalue weighted by Crippen LogP contribution is -2.40. The standard InChI is InChI=1S/C32H31Cl2N5O5/c1-38-17-24(31(42)39(2)32(38)43)29(41)36-26-9-5-7-22(28(26)34)21-6-4-8-23(27(21)33)25-13-11-19(30(37-25)44-3)16-35-15-18-10-12-20(40)14-18/h4-9,11,13,17-18,35H,10,12,14-16H2,1-3H3,(H,36,41)/t18-/m0/s1. The van der Waals surface area contributed by atoms with E-state index in [1.165, 1.54) is 20.3 Å². The molecule has 1 amide bonds. The molecule has 0 saturated heterocycles. The van der Waals surface area contributed by atoms with E-state index < -0.39 is 17.2 Å². The van der Waals surface area contributed by atoms with Gasteiger partial charge in [0.05, 0.1) is 28.5 Å². The van der Waals surface area contributed by atoms with Crippen LogP contribution in [-0.4, -0.2) is 39.5 Å². The largest absolute Gasteiger partial charge is 0.481 e. The molecule has 1 fully saturated rings. The molecule has 2 aromatic carbocycles. The number of pyridine rings is 1. The van der Waals surface area contributed by atoms with E-state index in [1.807, 2.05) is 30.3 Å². The van der Waals surface area contributed by atoms with Gasteiger partial charge >= 0.3 is 5.69 Å². The quantitative estimate of drug-likeness (QED) is 0.270. The van der Waals surface area contributed by atoms with Gasteiger partial charge in [0.2, 0.25) is 5.88 Å². The van der Waals surface area contributed by atoms with E-state index >= 15 is 0 Å². The van der Waals surface area contributed by atoms with Crippen molar-refractivity contribution in [2.75, 3.05) is 19.0 Å². The minimum atomic E-state index is -0.719. The molecule has 0 unspecified atom stereocenters. The SMILES string of the molecule is COc1nc(-c2cccc(-c3cccc(NC(=O)c4cn(C)c(=O)n(C)c4=O)c3Cl)c2Cl)ccc1CNC[C@H]1CCC(=O)C1. The van der Waals surface area contributed by atoms with Gasteiger partial charge in [-0.25, -0.2) is 9.78 Å². The average Bonchev–Trinajstić information content (AvgIpc) is 3.44. The van der Waals surface area contributed by atoms with Crippen molar-refractivity contribution in [1.82, 2.24) is 19.4 Å². The third-order valence-electron chi connectivity index (χ3n) is 7.73. The number of amides is 1. The molecule has 1 aliphatic rings. The molecule has 12 heteroatoms. The fourth-order valence-corrected chi connectivity index (χ4v) is 5.93. The zero-order chi connectivity index (χ0) is 31.5. The van der Waals surface area contributed by atoms with Crippen LogP contribution in [0.3, 0.4) is 0 Å². The van der Waals surface area contributed by atoms with Crippen molar-refractivity contribution in [3.63, 3.8) is 0 Å². The third kappa shape index (κ3) is 6.33. The predicted molar refractivity (Wildman–Crippen MR) is 171 cm³/mol. The molecule has 1 aliphatic carbocycles. The van der Waals surface area contributed by atoms with Gasteiger partial charge in [0.1, 0.15) is 11.3 Å². The Kier molecular flexibility index (Phi) is 9.33. The highest BCUT2D eigenvalue weighted by atomic mass is 35.5. The molecule has 4 aromatic rings. The molecule has 0 bridgehead atoms. The summed E-state index contributed by atoms with van der Waals surface area (Å²) in [6, 6.07) is 14.4. The van der Waals surface area contributed by atoms with Crippen molar-refractivity contribution < 1.29 is 14.3 Å². The predicted octanol–water partition coefficient (Wildman–Crippen LogP) is 4.84. The first kappa shape index (κ1) is 31.2. The number of benzene rings is 2. The summed E-state index contributed by atoms with van der Waals surface area (Å²) < 4.78 is 7.61. The van der Waals surface area contributed by atoms with Crippen LogP contribution in [0.4, 0.5) is 5.69 Å². The number of aryl methyl sites for hydroxylation is 1. The molecule has 1 saturated carbocycles. The molecule has 0 radical (unpaired) electrons. The summed E-state index contributed by atoms with van der Waals surface area (Å²) >= 11 is 13.7. The van der Waals surface area contributed by atoms with E-state index in [4.69, 9.17) is 32.9 Å². The summed E-state index contributed by atoms with van der Waals surface area (Å²) in [5.41, 5.74) is 2.11. The highest BCUT2D eigenvalue weighted by Gasteiger charge is 2.22. The lowest BCUT2D eigenvalue weighted by Gasteiger charge is -2.16. The molecule has 228 valence electrons. The minimum Gasteiger partial charge on any atom is -0.481 e. The first-order chi connectivity index (χ1) is 21.1. The van der Waals surface area contributed by atoms with Crippen LogP contribution in [0.25, 0.3) is 22.4 Å². The Morgan fingerprint density at radius 1 is 1.00 bits per heavy atom. The number of Topliss-reactive ketones (excluding diaryl/α,β-unsaturated/α-hetero) is 1. The van der Waals surface area contributed by atoms with Crippen LogP contribution < -0.4 is 26.6 Å². The van der Waals surface area contributed by atoms with E-state index in [9.17, 15) is 19.2 Å². The lowest BCUT2D eigenvalue weighted by molar-refractivity contribution is -0.117. The molecule has 1 atom stereocenters. The van der Waals surface area contributed by atoms with Gasteiger partial charge in [-0.3, -0.25) is 19.0 Å². The van der Waals surface area contributed by atoms with E-state index in [0.717, 1.165) is 27.7 Å². The molecule has 10 nitrogen and oxygen atoms in total. The molecule has 44 heavy (non-hydrogen) atoms. The van der Waals surface area contributed by atoms with Crippen molar-refractivity contribution >= 4 is 40.6 Å². The zero-order valence-electron chi connectivity index (χ0n) is 24.4. The smallest absolute Gasteiger partial charge is 0.330 e. The molecule has 0 aliphatic heterocycles. The Morgan fingerprint density at radius 2 is 1.70 bits per heavy atom. The number of aromatic nitrogens is 3. The van der Waals surface area contributed by atoms with Crippen LogP contribution >= 0.6 is 23.2 Å². The van der Waals surface area contributed by atoms with Gasteiger partial charge in [-0.15, -0.1) is 0 Å². The molecule has 2 N–H and O–H groups in total. The summed E-state index contributed by atoms with van der Waals surface area (Å²) in [5.74, 6) is 0.446. The number of hydrogen-bond donors (Lipinski definition) is 2. The summed E-state index contributed by atoms with van der Waals surface area (Å²) in [7, 11) is 4.32. The van der Waals surface area contributed by atoms with Crippen LogP contribution in [0.2, 0.25) is 10.0 Å². The summed E-state index contributed by atoms with van der Waals surface area (Å²) in [5, 5.41) is 6.71. The second kappa shape index (κ2) is 13.2. The van der Waals surface area contributed by atoms with Gasteiger partial charge in [-0.1, -0.05) is 59.6 Å². The molecular weight excluding hydrogens is 605 g/mol. The Hall–Kier alpha value is -4.25. The lowest BCUT2D eigenvalue weighted by atomic mass is 10.00. The number of nitrogens with zero attached hydrogens (tertiary/aromatic N) is 3. The van der Waals surface area contributed by atoms with Gasteiger partial charge in [-0.05, 0) is 31.0 Å². The minimum absolute atomic E-state index is 0.205. The number of methoxy groups -OCH3 is 1. The maximum atomic E-state index is 13.0. The monoisotopic (exact) mass is 635 g/mol.